The highest BCUT2D eigenvalue weighted by molar-refractivity contribution is 5.80. The third kappa shape index (κ3) is 4.72. The summed E-state index contributed by atoms with van der Waals surface area (Å²) < 4.78 is 18.7. The van der Waals surface area contributed by atoms with E-state index in [1.54, 1.807) is 0 Å². The molecule has 0 aliphatic carbocycles. The van der Waals surface area contributed by atoms with Gasteiger partial charge in [-0.25, -0.2) is 4.99 Å². The SMILES string of the molecule is Cc1nnc(CN=C(NCCc2ccc3c(c2)OCO3)NC2CCOc3ccccc32)n1C. The van der Waals surface area contributed by atoms with E-state index in [9.17, 15) is 0 Å². The number of aromatic nitrogens is 3. The van der Waals surface area contributed by atoms with E-state index in [1.165, 1.54) is 5.56 Å². The Morgan fingerprint density at radius 2 is 1.97 bits per heavy atom. The van der Waals surface area contributed by atoms with E-state index >= 15 is 0 Å². The quantitative estimate of drug-likeness (QED) is 0.442. The first-order chi connectivity index (χ1) is 16.2. The van der Waals surface area contributed by atoms with Gasteiger partial charge < -0.3 is 29.4 Å². The molecule has 5 rings (SSSR count). The van der Waals surface area contributed by atoms with Crippen molar-refractivity contribution in [1.29, 1.82) is 0 Å². The molecule has 0 fully saturated rings. The average molecular weight is 449 g/mol. The lowest BCUT2D eigenvalue weighted by Gasteiger charge is -2.28. The Morgan fingerprint density at radius 3 is 2.85 bits per heavy atom. The summed E-state index contributed by atoms with van der Waals surface area (Å²) in [5.74, 6) is 4.94. The van der Waals surface area contributed by atoms with Gasteiger partial charge in [-0.05, 0) is 37.1 Å². The van der Waals surface area contributed by atoms with E-state index in [1.807, 2.05) is 48.9 Å². The Hall–Kier alpha value is -3.75. The molecule has 2 N–H and O–H groups in total. The Morgan fingerprint density at radius 1 is 1.09 bits per heavy atom. The molecule has 0 saturated carbocycles. The second-order valence-corrected chi connectivity index (χ2v) is 8.12. The van der Waals surface area contributed by atoms with Gasteiger partial charge in [0.25, 0.3) is 0 Å². The first kappa shape index (κ1) is 21.1. The summed E-state index contributed by atoms with van der Waals surface area (Å²) in [5.41, 5.74) is 2.31. The summed E-state index contributed by atoms with van der Waals surface area (Å²) in [7, 11) is 1.95. The minimum absolute atomic E-state index is 0.118. The minimum Gasteiger partial charge on any atom is -0.493 e. The number of hydrogen-bond donors (Lipinski definition) is 2. The number of fused-ring (bicyclic) bond motifs is 2. The molecule has 3 heterocycles. The van der Waals surface area contributed by atoms with Gasteiger partial charge in [-0.1, -0.05) is 24.3 Å². The van der Waals surface area contributed by atoms with E-state index in [-0.39, 0.29) is 12.8 Å². The molecule has 0 saturated heterocycles. The smallest absolute Gasteiger partial charge is 0.231 e. The van der Waals surface area contributed by atoms with Gasteiger partial charge in [-0.3, -0.25) is 0 Å². The van der Waals surface area contributed by atoms with Gasteiger partial charge >= 0.3 is 0 Å². The standard InChI is InChI=1S/C24H28N6O3/c1-16-28-29-23(30(16)2)14-26-24(27-19-10-12-31-20-6-4-3-5-18(19)20)25-11-9-17-7-8-21-22(13-17)33-15-32-21/h3-8,13,19H,9-12,14-15H2,1-2H3,(H2,25,26,27). The number of guanidine groups is 1. The van der Waals surface area contributed by atoms with Crippen molar-refractivity contribution in [3.8, 4) is 17.2 Å². The van der Waals surface area contributed by atoms with Gasteiger partial charge in [0.15, 0.2) is 23.3 Å². The number of nitrogens with zero attached hydrogens (tertiary/aromatic N) is 4. The highest BCUT2D eigenvalue weighted by atomic mass is 16.7. The van der Waals surface area contributed by atoms with Crippen molar-refractivity contribution in [1.82, 2.24) is 25.4 Å². The third-order valence-electron chi connectivity index (χ3n) is 5.97. The maximum Gasteiger partial charge on any atom is 0.231 e. The zero-order chi connectivity index (χ0) is 22.6. The molecule has 172 valence electrons. The first-order valence-electron chi connectivity index (χ1n) is 11.2. The van der Waals surface area contributed by atoms with Crippen LogP contribution < -0.4 is 24.8 Å². The number of aryl methyl sites for hydroxylation is 1. The molecule has 9 heteroatoms. The van der Waals surface area contributed by atoms with Crippen LogP contribution >= 0.6 is 0 Å². The molecule has 0 bridgehead atoms. The van der Waals surface area contributed by atoms with Crippen LogP contribution in [0, 0.1) is 6.92 Å². The molecule has 9 nitrogen and oxygen atoms in total. The fraction of sp³-hybridized carbons (Fsp3) is 0.375. The molecule has 0 spiro atoms. The highest BCUT2D eigenvalue weighted by Crippen LogP contribution is 2.33. The fourth-order valence-corrected chi connectivity index (χ4v) is 3.97. The Bertz CT molecular complexity index is 1160. The van der Waals surface area contributed by atoms with E-state index in [2.05, 4.69) is 33.0 Å². The zero-order valence-corrected chi connectivity index (χ0v) is 18.9. The van der Waals surface area contributed by atoms with E-state index in [4.69, 9.17) is 19.2 Å². The number of aliphatic imine (C=N–C) groups is 1. The first-order valence-corrected chi connectivity index (χ1v) is 11.2. The number of hydrogen-bond acceptors (Lipinski definition) is 6. The van der Waals surface area contributed by atoms with Gasteiger partial charge in [-0.15, -0.1) is 10.2 Å². The van der Waals surface area contributed by atoms with Gasteiger partial charge in [0.05, 0.1) is 12.6 Å². The number of rotatable bonds is 6. The Labute approximate surface area is 192 Å². The van der Waals surface area contributed by atoms with Crippen LogP contribution in [-0.2, 0) is 20.0 Å². The molecule has 2 aliphatic heterocycles. The van der Waals surface area contributed by atoms with Gasteiger partial charge in [0, 0.05) is 25.6 Å². The van der Waals surface area contributed by atoms with Crippen molar-refractivity contribution in [3.63, 3.8) is 0 Å². The van der Waals surface area contributed by atoms with Crippen LogP contribution in [0.4, 0.5) is 0 Å². The van der Waals surface area contributed by atoms with Crippen molar-refractivity contribution in [3.05, 3.63) is 65.2 Å². The summed E-state index contributed by atoms with van der Waals surface area (Å²) in [6.07, 6.45) is 1.69. The molecule has 0 amide bonds. The maximum absolute atomic E-state index is 5.81. The molecule has 33 heavy (non-hydrogen) atoms. The maximum atomic E-state index is 5.81. The van der Waals surface area contributed by atoms with Crippen molar-refractivity contribution in [2.24, 2.45) is 12.0 Å². The van der Waals surface area contributed by atoms with E-state index < -0.39 is 0 Å². The van der Waals surface area contributed by atoms with Crippen LogP contribution in [0.25, 0.3) is 0 Å². The Kier molecular flexibility index (Phi) is 6.01. The summed E-state index contributed by atoms with van der Waals surface area (Å²) in [6, 6.07) is 14.3. The monoisotopic (exact) mass is 448 g/mol. The predicted molar refractivity (Wildman–Crippen MR) is 124 cm³/mol. The Balaban J connectivity index is 1.29. The van der Waals surface area contributed by atoms with Crippen LogP contribution in [0.1, 0.15) is 35.2 Å². The normalized spacial score (nSPS) is 16.8. The summed E-state index contributed by atoms with van der Waals surface area (Å²) in [6.45, 7) is 4.03. The topological polar surface area (TPSA) is 94.8 Å². The zero-order valence-electron chi connectivity index (χ0n) is 18.9. The summed E-state index contributed by atoms with van der Waals surface area (Å²) in [4.78, 5) is 4.81. The number of benzene rings is 2. The van der Waals surface area contributed by atoms with Crippen molar-refractivity contribution < 1.29 is 14.2 Å². The molecule has 0 radical (unpaired) electrons. The number of nitrogens with one attached hydrogen (secondary N) is 2. The van der Waals surface area contributed by atoms with Crippen molar-refractivity contribution >= 4 is 5.96 Å². The summed E-state index contributed by atoms with van der Waals surface area (Å²) in [5, 5.41) is 15.4. The van der Waals surface area contributed by atoms with Gasteiger partial charge in [0.2, 0.25) is 6.79 Å². The largest absolute Gasteiger partial charge is 0.493 e. The van der Waals surface area contributed by atoms with Crippen LogP contribution in [0.5, 0.6) is 17.2 Å². The third-order valence-corrected chi connectivity index (χ3v) is 5.97. The minimum atomic E-state index is 0.118. The van der Waals surface area contributed by atoms with Gasteiger partial charge in [-0.2, -0.15) is 0 Å². The molecule has 2 aromatic carbocycles. The molecule has 2 aliphatic rings. The molecule has 1 aromatic heterocycles. The second-order valence-electron chi connectivity index (χ2n) is 8.12. The fourth-order valence-electron chi connectivity index (χ4n) is 3.97. The van der Waals surface area contributed by atoms with Crippen LogP contribution in [0.3, 0.4) is 0 Å². The number of ether oxygens (including phenoxy) is 3. The number of para-hydroxylation sites is 1. The van der Waals surface area contributed by atoms with E-state index in [0.29, 0.717) is 19.7 Å². The van der Waals surface area contributed by atoms with Crippen LogP contribution in [0.2, 0.25) is 0 Å². The van der Waals surface area contributed by atoms with Gasteiger partial charge in [0.1, 0.15) is 18.1 Å². The molecular weight excluding hydrogens is 420 g/mol. The predicted octanol–water partition coefficient (Wildman–Crippen LogP) is 2.65. The van der Waals surface area contributed by atoms with Crippen molar-refractivity contribution in [2.45, 2.75) is 32.4 Å². The van der Waals surface area contributed by atoms with Crippen LogP contribution in [0.15, 0.2) is 47.5 Å². The van der Waals surface area contributed by atoms with Crippen LogP contribution in [-0.4, -0.2) is 40.7 Å². The highest BCUT2D eigenvalue weighted by Gasteiger charge is 2.22. The average Bonchev–Trinajstić information content (AvgIpc) is 3.43. The molecular formula is C24H28N6O3. The second kappa shape index (κ2) is 9.40. The van der Waals surface area contributed by atoms with Crippen molar-refractivity contribution in [2.75, 3.05) is 19.9 Å². The molecule has 1 unspecified atom stereocenters. The lowest BCUT2D eigenvalue weighted by Crippen LogP contribution is -2.42. The lowest BCUT2D eigenvalue weighted by molar-refractivity contribution is 0.174. The van der Waals surface area contributed by atoms with E-state index in [0.717, 1.165) is 53.3 Å². The lowest BCUT2D eigenvalue weighted by atomic mass is 10.0. The molecule has 3 aromatic rings. The molecule has 1 atom stereocenters. The summed E-state index contributed by atoms with van der Waals surface area (Å²) >= 11 is 0.